The van der Waals surface area contributed by atoms with Gasteiger partial charge in [0.25, 0.3) is 0 Å². The number of carbonyl (C=O) groups is 1. The molecule has 8 heteroatoms. The first-order valence-corrected chi connectivity index (χ1v) is 8.93. The smallest absolute Gasteiger partial charge is 0.227 e. The van der Waals surface area contributed by atoms with E-state index in [0.717, 1.165) is 15.7 Å². The van der Waals surface area contributed by atoms with E-state index >= 15 is 0 Å². The summed E-state index contributed by atoms with van der Waals surface area (Å²) in [6, 6.07) is 9.50. The third-order valence-corrected chi connectivity index (χ3v) is 4.28. The molecule has 0 fully saturated rings. The molecule has 2 heterocycles. The summed E-state index contributed by atoms with van der Waals surface area (Å²) < 4.78 is 4.45. The zero-order chi connectivity index (χ0) is 17.8. The lowest BCUT2D eigenvalue weighted by molar-refractivity contribution is -0.116. The highest BCUT2D eigenvalue weighted by molar-refractivity contribution is 9.10. The molecule has 0 radical (unpaired) electrons. The van der Waals surface area contributed by atoms with Crippen molar-refractivity contribution in [3.63, 3.8) is 0 Å². The van der Waals surface area contributed by atoms with E-state index < -0.39 is 0 Å². The van der Waals surface area contributed by atoms with Gasteiger partial charge in [-0.05, 0) is 40.5 Å². The molecule has 3 rings (SSSR count). The van der Waals surface area contributed by atoms with Crippen LogP contribution in [0.4, 0.5) is 5.82 Å². The van der Waals surface area contributed by atoms with Crippen LogP contribution in [-0.4, -0.2) is 25.5 Å². The van der Waals surface area contributed by atoms with Gasteiger partial charge in [-0.15, -0.1) is 0 Å². The Kier molecular flexibility index (Phi) is 5.55. The molecule has 0 atom stereocenters. The lowest BCUT2D eigenvalue weighted by atomic mass is 10.2. The minimum Gasteiger partial charge on any atom is -0.309 e. The molecule has 0 saturated heterocycles. The predicted molar refractivity (Wildman–Crippen MR) is 101 cm³/mol. The number of carbonyl (C=O) groups excluding carboxylic acids is 1. The second-order valence-electron chi connectivity index (χ2n) is 5.68. The van der Waals surface area contributed by atoms with Gasteiger partial charge in [-0.25, -0.2) is 0 Å². The lowest BCUT2D eigenvalue weighted by Crippen LogP contribution is -2.15. The predicted octanol–water partition coefficient (Wildman–Crippen LogP) is 3.88. The normalized spacial score (nSPS) is 10.8. The fraction of sp³-hybridized carbons (Fsp3) is 0.235. The van der Waals surface area contributed by atoms with E-state index in [4.69, 9.17) is 11.6 Å². The average molecular weight is 423 g/mol. The second kappa shape index (κ2) is 7.84. The zero-order valence-electron chi connectivity index (χ0n) is 13.6. The number of rotatable bonds is 6. The minimum atomic E-state index is -0.0981. The van der Waals surface area contributed by atoms with Crippen molar-refractivity contribution in [1.82, 2.24) is 19.6 Å². The number of nitrogens with zero attached hydrogens (tertiary/aromatic N) is 4. The van der Waals surface area contributed by atoms with E-state index in [2.05, 4.69) is 31.4 Å². The van der Waals surface area contributed by atoms with Gasteiger partial charge in [0.1, 0.15) is 0 Å². The minimum absolute atomic E-state index is 0.0981. The summed E-state index contributed by atoms with van der Waals surface area (Å²) in [5.41, 5.74) is 2.02. The molecule has 0 saturated carbocycles. The first kappa shape index (κ1) is 17.7. The van der Waals surface area contributed by atoms with Gasteiger partial charge in [0, 0.05) is 35.9 Å². The van der Waals surface area contributed by atoms with Gasteiger partial charge < -0.3 is 5.32 Å². The van der Waals surface area contributed by atoms with Gasteiger partial charge in [-0.2, -0.15) is 10.2 Å². The number of aryl methyl sites for hydroxylation is 2. The standard InChI is InChI=1S/C17H17BrClN5O/c1-12-7-16(21-17(25)5-6-23-11-14(18)9-20-23)22-24(12)10-13-3-2-4-15(19)8-13/h2-4,7-9,11H,5-6,10H2,1H3,(H,21,22,25). The summed E-state index contributed by atoms with van der Waals surface area (Å²) in [7, 11) is 0. The molecule has 0 unspecified atom stereocenters. The number of hydrogen-bond donors (Lipinski definition) is 1. The molecule has 6 nitrogen and oxygen atoms in total. The van der Waals surface area contributed by atoms with Crippen molar-refractivity contribution in [1.29, 1.82) is 0 Å². The van der Waals surface area contributed by atoms with Crippen LogP contribution in [0.15, 0.2) is 47.2 Å². The Hall–Kier alpha value is -2.12. The van der Waals surface area contributed by atoms with Crippen LogP contribution in [0.2, 0.25) is 5.02 Å². The van der Waals surface area contributed by atoms with Crippen molar-refractivity contribution in [2.75, 3.05) is 5.32 Å². The Morgan fingerprint density at radius 2 is 2.20 bits per heavy atom. The Balaban J connectivity index is 1.58. The van der Waals surface area contributed by atoms with Crippen LogP contribution in [0.5, 0.6) is 0 Å². The molecule has 3 aromatic rings. The number of benzene rings is 1. The summed E-state index contributed by atoms with van der Waals surface area (Å²) in [6.45, 7) is 3.07. The quantitative estimate of drug-likeness (QED) is 0.655. The topological polar surface area (TPSA) is 64.7 Å². The maximum atomic E-state index is 12.1. The SMILES string of the molecule is Cc1cc(NC(=O)CCn2cc(Br)cn2)nn1Cc1cccc(Cl)c1. The van der Waals surface area contributed by atoms with Crippen molar-refractivity contribution < 1.29 is 4.79 Å². The first-order valence-electron chi connectivity index (χ1n) is 7.76. The highest BCUT2D eigenvalue weighted by Gasteiger charge is 2.09. The molecular weight excluding hydrogens is 406 g/mol. The van der Waals surface area contributed by atoms with Crippen molar-refractivity contribution in [2.45, 2.75) is 26.4 Å². The third-order valence-electron chi connectivity index (χ3n) is 3.64. The van der Waals surface area contributed by atoms with Crippen molar-refractivity contribution in [2.24, 2.45) is 0 Å². The number of nitrogens with one attached hydrogen (secondary N) is 1. The van der Waals surface area contributed by atoms with Crippen molar-refractivity contribution in [3.8, 4) is 0 Å². The van der Waals surface area contributed by atoms with Crippen molar-refractivity contribution >= 4 is 39.3 Å². The van der Waals surface area contributed by atoms with Gasteiger partial charge in [0.15, 0.2) is 5.82 Å². The Labute approximate surface area is 158 Å². The molecule has 130 valence electrons. The Morgan fingerprint density at radius 3 is 2.92 bits per heavy atom. The summed E-state index contributed by atoms with van der Waals surface area (Å²) >= 11 is 9.35. The molecule has 25 heavy (non-hydrogen) atoms. The van der Waals surface area contributed by atoms with Crippen LogP contribution < -0.4 is 5.32 Å². The highest BCUT2D eigenvalue weighted by atomic mass is 79.9. The van der Waals surface area contributed by atoms with Gasteiger partial charge in [-0.1, -0.05) is 23.7 Å². The lowest BCUT2D eigenvalue weighted by Gasteiger charge is -2.05. The monoisotopic (exact) mass is 421 g/mol. The summed E-state index contributed by atoms with van der Waals surface area (Å²) in [5, 5.41) is 12.1. The van der Waals surface area contributed by atoms with E-state index in [-0.39, 0.29) is 5.91 Å². The van der Waals surface area contributed by atoms with E-state index in [1.54, 1.807) is 10.9 Å². The summed E-state index contributed by atoms with van der Waals surface area (Å²) in [4.78, 5) is 12.1. The zero-order valence-corrected chi connectivity index (χ0v) is 16.0. The highest BCUT2D eigenvalue weighted by Crippen LogP contribution is 2.15. The Morgan fingerprint density at radius 1 is 1.36 bits per heavy atom. The summed E-state index contributed by atoms with van der Waals surface area (Å²) in [5.74, 6) is 0.449. The van der Waals surface area contributed by atoms with E-state index in [1.165, 1.54) is 0 Å². The van der Waals surface area contributed by atoms with Crippen molar-refractivity contribution in [3.05, 3.63) is 63.5 Å². The van der Waals surface area contributed by atoms with Crippen LogP contribution in [0.3, 0.4) is 0 Å². The number of halogens is 2. The van der Waals surface area contributed by atoms with Crippen LogP contribution in [0.1, 0.15) is 17.7 Å². The van der Waals surface area contributed by atoms with Gasteiger partial charge in [-0.3, -0.25) is 14.2 Å². The number of anilines is 1. The summed E-state index contributed by atoms with van der Waals surface area (Å²) in [6.07, 6.45) is 3.85. The Bertz CT molecular complexity index is 889. The number of aromatic nitrogens is 4. The maximum Gasteiger partial charge on any atom is 0.227 e. The van der Waals surface area contributed by atoms with E-state index in [0.29, 0.717) is 30.4 Å². The fourth-order valence-electron chi connectivity index (χ4n) is 2.42. The second-order valence-corrected chi connectivity index (χ2v) is 7.03. The molecule has 0 spiro atoms. The van der Waals surface area contributed by atoms with Gasteiger partial charge in [0.2, 0.25) is 5.91 Å². The van der Waals surface area contributed by atoms with Crippen LogP contribution >= 0.6 is 27.5 Å². The first-order chi connectivity index (χ1) is 12.0. The van der Waals surface area contributed by atoms with Crippen LogP contribution in [0, 0.1) is 6.92 Å². The fourth-order valence-corrected chi connectivity index (χ4v) is 2.96. The molecule has 1 N–H and O–H groups in total. The molecule has 0 aliphatic rings. The molecule has 2 aromatic heterocycles. The van der Waals surface area contributed by atoms with Gasteiger partial charge >= 0.3 is 0 Å². The largest absolute Gasteiger partial charge is 0.309 e. The molecule has 0 aliphatic heterocycles. The molecule has 0 bridgehead atoms. The molecule has 1 amide bonds. The van der Waals surface area contributed by atoms with Gasteiger partial charge in [0.05, 0.1) is 17.2 Å². The van der Waals surface area contributed by atoms with Crippen LogP contribution in [-0.2, 0) is 17.9 Å². The molecular formula is C17H17BrClN5O. The van der Waals surface area contributed by atoms with E-state index in [9.17, 15) is 4.79 Å². The number of amides is 1. The van der Waals surface area contributed by atoms with Crippen LogP contribution in [0.25, 0.3) is 0 Å². The number of hydrogen-bond acceptors (Lipinski definition) is 3. The molecule has 0 aliphatic carbocycles. The third kappa shape index (κ3) is 4.93. The maximum absolute atomic E-state index is 12.1. The average Bonchev–Trinajstić information content (AvgIpc) is 3.11. The van der Waals surface area contributed by atoms with E-state index in [1.807, 2.05) is 48.1 Å². The molecule has 1 aromatic carbocycles.